The minimum atomic E-state index is 0.556. The fourth-order valence-corrected chi connectivity index (χ4v) is 1.15. The average Bonchev–Trinajstić information content (AvgIpc) is 2.20. The molecule has 0 bridgehead atoms. The van der Waals surface area contributed by atoms with Crippen LogP contribution in [0.1, 0.15) is 23.1 Å². The van der Waals surface area contributed by atoms with Crippen LogP contribution in [0, 0.1) is 30.1 Å². The van der Waals surface area contributed by atoms with E-state index in [1.165, 1.54) is 0 Å². The summed E-state index contributed by atoms with van der Waals surface area (Å²) in [5.41, 5.74) is 7.83. The van der Waals surface area contributed by atoms with Crippen LogP contribution in [-0.2, 0) is 0 Å². The smallest absolute Gasteiger partial charge is 0.100 e. The third kappa shape index (κ3) is 2.36. The predicted octanol–water partition coefficient (Wildman–Crippen LogP) is 1.57. The van der Waals surface area contributed by atoms with Gasteiger partial charge in [-0.1, -0.05) is 24.0 Å². The van der Waals surface area contributed by atoms with E-state index in [0.717, 1.165) is 11.1 Å². The third-order valence-electron chi connectivity index (χ3n) is 1.88. The lowest BCUT2D eigenvalue weighted by atomic mass is 10.0. The van der Waals surface area contributed by atoms with E-state index < -0.39 is 0 Å². The Balaban J connectivity index is 3.08. The Bertz CT molecular complexity index is 416. The normalized spacial score (nSPS) is 8.64. The van der Waals surface area contributed by atoms with Crippen molar-refractivity contribution in [2.45, 2.75) is 13.3 Å². The summed E-state index contributed by atoms with van der Waals surface area (Å²) in [5.74, 6) is 5.92. The summed E-state index contributed by atoms with van der Waals surface area (Å²) in [6.45, 7) is 2.51. The van der Waals surface area contributed by atoms with Gasteiger partial charge < -0.3 is 5.73 Å². The highest BCUT2D eigenvalue weighted by Crippen LogP contribution is 2.11. The highest BCUT2D eigenvalue weighted by Gasteiger charge is 2.00. The maximum Gasteiger partial charge on any atom is 0.100 e. The molecular formula is C12H12N2. The van der Waals surface area contributed by atoms with Crippen LogP contribution >= 0.6 is 0 Å². The van der Waals surface area contributed by atoms with Gasteiger partial charge in [-0.25, -0.2) is 0 Å². The van der Waals surface area contributed by atoms with Crippen LogP contribution in [0.2, 0.25) is 0 Å². The van der Waals surface area contributed by atoms with Crippen molar-refractivity contribution < 1.29 is 0 Å². The van der Waals surface area contributed by atoms with Crippen molar-refractivity contribution >= 4 is 0 Å². The SMILES string of the molecule is Cc1cccc(C#N)c1C#CCCN. The molecule has 0 saturated carbocycles. The molecule has 0 spiro atoms. The summed E-state index contributed by atoms with van der Waals surface area (Å²) >= 11 is 0. The zero-order valence-corrected chi connectivity index (χ0v) is 8.17. The Morgan fingerprint density at radius 3 is 2.86 bits per heavy atom. The van der Waals surface area contributed by atoms with Gasteiger partial charge in [0.1, 0.15) is 6.07 Å². The lowest BCUT2D eigenvalue weighted by Crippen LogP contribution is -1.96. The molecule has 0 heterocycles. The third-order valence-corrected chi connectivity index (χ3v) is 1.88. The summed E-state index contributed by atoms with van der Waals surface area (Å²) in [6, 6.07) is 7.72. The molecule has 1 rings (SSSR count). The maximum absolute atomic E-state index is 8.86. The van der Waals surface area contributed by atoms with Crippen molar-refractivity contribution in [3.63, 3.8) is 0 Å². The highest BCUT2D eigenvalue weighted by atomic mass is 14.5. The van der Waals surface area contributed by atoms with Gasteiger partial charge in [-0.15, -0.1) is 0 Å². The van der Waals surface area contributed by atoms with Gasteiger partial charge in [0.25, 0.3) is 0 Å². The fourth-order valence-electron chi connectivity index (χ4n) is 1.15. The van der Waals surface area contributed by atoms with Crippen molar-refractivity contribution in [2.75, 3.05) is 6.54 Å². The Morgan fingerprint density at radius 2 is 2.21 bits per heavy atom. The zero-order chi connectivity index (χ0) is 10.4. The first-order chi connectivity index (χ1) is 6.79. The van der Waals surface area contributed by atoms with Crippen molar-refractivity contribution in [2.24, 2.45) is 5.73 Å². The first-order valence-corrected chi connectivity index (χ1v) is 4.48. The molecule has 0 radical (unpaired) electrons. The molecule has 0 aliphatic rings. The number of rotatable bonds is 1. The van der Waals surface area contributed by atoms with Gasteiger partial charge in [-0.05, 0) is 18.6 Å². The molecule has 14 heavy (non-hydrogen) atoms. The topological polar surface area (TPSA) is 49.8 Å². The molecule has 0 aromatic heterocycles. The fraction of sp³-hybridized carbons (Fsp3) is 0.250. The molecule has 2 N–H and O–H groups in total. The minimum Gasteiger partial charge on any atom is -0.330 e. The predicted molar refractivity (Wildman–Crippen MR) is 56.4 cm³/mol. The molecule has 1 aromatic rings. The van der Waals surface area contributed by atoms with Gasteiger partial charge in [-0.2, -0.15) is 5.26 Å². The molecule has 0 amide bonds. The van der Waals surface area contributed by atoms with Crippen LogP contribution in [0.4, 0.5) is 0 Å². The number of hydrogen-bond donors (Lipinski definition) is 1. The summed E-state index contributed by atoms with van der Waals surface area (Å²) in [7, 11) is 0. The van der Waals surface area contributed by atoms with Gasteiger partial charge in [0, 0.05) is 18.5 Å². The molecule has 0 unspecified atom stereocenters. The van der Waals surface area contributed by atoms with E-state index in [4.69, 9.17) is 11.0 Å². The second kappa shape index (κ2) is 5.07. The standard InChI is InChI=1S/C12H12N2/c1-10-5-4-6-11(9-14)12(10)7-2-3-8-13/h4-6H,3,8,13H2,1H3. The highest BCUT2D eigenvalue weighted by molar-refractivity contribution is 5.52. The number of benzene rings is 1. The van der Waals surface area contributed by atoms with Crippen LogP contribution in [0.25, 0.3) is 0 Å². The number of hydrogen-bond acceptors (Lipinski definition) is 2. The molecule has 0 saturated heterocycles. The van der Waals surface area contributed by atoms with Crippen molar-refractivity contribution in [1.29, 1.82) is 5.26 Å². The molecule has 2 nitrogen and oxygen atoms in total. The monoisotopic (exact) mass is 184 g/mol. The Kier molecular flexibility index (Phi) is 3.73. The number of aryl methyl sites for hydroxylation is 1. The molecule has 2 heteroatoms. The van der Waals surface area contributed by atoms with Crippen LogP contribution in [-0.4, -0.2) is 6.54 Å². The van der Waals surface area contributed by atoms with Gasteiger partial charge in [0.05, 0.1) is 5.56 Å². The Hall–Kier alpha value is -1.77. The van der Waals surface area contributed by atoms with E-state index in [-0.39, 0.29) is 0 Å². The minimum absolute atomic E-state index is 0.556. The van der Waals surface area contributed by atoms with Gasteiger partial charge >= 0.3 is 0 Å². The van der Waals surface area contributed by atoms with E-state index in [1.54, 1.807) is 6.07 Å². The molecule has 70 valence electrons. The molecule has 0 aliphatic heterocycles. The van der Waals surface area contributed by atoms with E-state index in [9.17, 15) is 0 Å². The number of nitriles is 1. The number of nitrogens with two attached hydrogens (primary N) is 1. The van der Waals surface area contributed by atoms with Gasteiger partial charge in [0.15, 0.2) is 0 Å². The summed E-state index contributed by atoms with van der Waals surface area (Å²) in [4.78, 5) is 0. The summed E-state index contributed by atoms with van der Waals surface area (Å²) < 4.78 is 0. The first-order valence-electron chi connectivity index (χ1n) is 4.48. The Morgan fingerprint density at radius 1 is 1.43 bits per heavy atom. The summed E-state index contributed by atoms with van der Waals surface area (Å²) in [6.07, 6.45) is 0.666. The largest absolute Gasteiger partial charge is 0.330 e. The second-order valence-electron chi connectivity index (χ2n) is 2.95. The average molecular weight is 184 g/mol. The van der Waals surface area contributed by atoms with Crippen molar-refractivity contribution in [3.8, 4) is 17.9 Å². The van der Waals surface area contributed by atoms with E-state index in [0.29, 0.717) is 18.5 Å². The second-order valence-corrected chi connectivity index (χ2v) is 2.95. The van der Waals surface area contributed by atoms with Crippen LogP contribution in [0.5, 0.6) is 0 Å². The van der Waals surface area contributed by atoms with Crippen molar-refractivity contribution in [3.05, 3.63) is 34.9 Å². The molecule has 0 atom stereocenters. The van der Waals surface area contributed by atoms with Crippen LogP contribution < -0.4 is 5.73 Å². The van der Waals surface area contributed by atoms with Crippen LogP contribution in [0.15, 0.2) is 18.2 Å². The number of nitrogens with zero attached hydrogens (tertiary/aromatic N) is 1. The zero-order valence-electron chi connectivity index (χ0n) is 8.17. The maximum atomic E-state index is 8.86. The van der Waals surface area contributed by atoms with Crippen LogP contribution in [0.3, 0.4) is 0 Å². The van der Waals surface area contributed by atoms with E-state index in [2.05, 4.69) is 17.9 Å². The lowest BCUT2D eigenvalue weighted by Gasteiger charge is -1.98. The summed E-state index contributed by atoms with van der Waals surface area (Å²) in [5, 5.41) is 8.86. The quantitative estimate of drug-likeness (QED) is 0.673. The van der Waals surface area contributed by atoms with E-state index in [1.807, 2.05) is 19.1 Å². The van der Waals surface area contributed by atoms with Gasteiger partial charge in [0.2, 0.25) is 0 Å². The van der Waals surface area contributed by atoms with E-state index >= 15 is 0 Å². The molecular weight excluding hydrogens is 172 g/mol. The molecule has 0 fully saturated rings. The molecule has 0 aliphatic carbocycles. The van der Waals surface area contributed by atoms with Gasteiger partial charge in [-0.3, -0.25) is 0 Å². The lowest BCUT2D eigenvalue weighted by molar-refractivity contribution is 1.03. The van der Waals surface area contributed by atoms with Crippen molar-refractivity contribution in [1.82, 2.24) is 0 Å². The Labute approximate surface area is 84.4 Å². The first kappa shape index (κ1) is 10.3. The molecule has 1 aromatic carbocycles.